The van der Waals surface area contributed by atoms with Crippen molar-refractivity contribution in [1.82, 2.24) is 4.98 Å². The Morgan fingerprint density at radius 1 is 1.53 bits per heavy atom. The molecule has 2 bridgehead atoms. The molecule has 1 saturated heterocycles. The second-order valence-corrected chi connectivity index (χ2v) is 6.00. The molecule has 0 amide bonds. The van der Waals surface area contributed by atoms with Crippen LogP contribution in [0.4, 0.5) is 5.13 Å². The van der Waals surface area contributed by atoms with Gasteiger partial charge in [-0.2, -0.15) is 0 Å². The van der Waals surface area contributed by atoms with Crippen LogP contribution in [0.15, 0.2) is 0 Å². The lowest BCUT2D eigenvalue weighted by atomic mass is 10.1. The van der Waals surface area contributed by atoms with Gasteiger partial charge in [0, 0.05) is 19.7 Å². The molecule has 94 valence electrons. The summed E-state index contributed by atoms with van der Waals surface area (Å²) >= 11 is 1.62. The van der Waals surface area contributed by atoms with Crippen LogP contribution in [0.25, 0.3) is 0 Å². The van der Waals surface area contributed by atoms with Crippen LogP contribution in [0.1, 0.15) is 29.8 Å². The topological polar surface area (TPSA) is 45.6 Å². The van der Waals surface area contributed by atoms with Gasteiger partial charge in [0.05, 0.1) is 23.8 Å². The van der Waals surface area contributed by atoms with Gasteiger partial charge < -0.3 is 14.7 Å². The molecule has 0 spiro atoms. The van der Waals surface area contributed by atoms with Gasteiger partial charge in [0.2, 0.25) is 0 Å². The van der Waals surface area contributed by atoms with E-state index in [0.29, 0.717) is 12.6 Å². The van der Waals surface area contributed by atoms with Crippen molar-refractivity contribution in [3.63, 3.8) is 0 Å². The number of thiazole rings is 1. The number of aliphatic hydroxyl groups is 1. The third kappa shape index (κ3) is 1.96. The van der Waals surface area contributed by atoms with E-state index in [2.05, 4.69) is 9.88 Å². The minimum absolute atomic E-state index is 0.0678. The summed E-state index contributed by atoms with van der Waals surface area (Å²) < 4.78 is 5.12. The molecule has 0 radical (unpaired) electrons. The maximum atomic E-state index is 9.33. The third-order valence-electron chi connectivity index (χ3n) is 3.85. The van der Waals surface area contributed by atoms with Crippen molar-refractivity contribution in [2.75, 3.05) is 18.6 Å². The largest absolute Gasteiger partial charge is 0.391 e. The molecule has 0 aromatic carbocycles. The normalized spacial score (nSPS) is 27.1. The van der Waals surface area contributed by atoms with Gasteiger partial charge in [0.25, 0.3) is 0 Å². The maximum Gasteiger partial charge on any atom is 0.186 e. The molecule has 5 heteroatoms. The van der Waals surface area contributed by atoms with Gasteiger partial charge in [0.15, 0.2) is 5.13 Å². The van der Waals surface area contributed by atoms with E-state index in [4.69, 9.17) is 4.74 Å². The van der Waals surface area contributed by atoms with Crippen LogP contribution in [0.3, 0.4) is 0 Å². The number of anilines is 1. The van der Waals surface area contributed by atoms with Gasteiger partial charge in [-0.1, -0.05) is 11.3 Å². The molecule has 2 fully saturated rings. The van der Waals surface area contributed by atoms with Gasteiger partial charge in [-0.3, -0.25) is 0 Å². The van der Waals surface area contributed by atoms with Gasteiger partial charge in [0.1, 0.15) is 0 Å². The second kappa shape index (κ2) is 4.55. The van der Waals surface area contributed by atoms with Gasteiger partial charge in [-0.05, 0) is 25.2 Å². The van der Waals surface area contributed by atoms with Crippen LogP contribution < -0.4 is 4.90 Å². The zero-order valence-electron chi connectivity index (χ0n) is 10.1. The molecule has 1 saturated carbocycles. The van der Waals surface area contributed by atoms with Crippen molar-refractivity contribution in [1.29, 1.82) is 0 Å². The standard InChI is InChI=1S/C12H18N2O2S/c1-16-7-10-11(6-15)17-12(13-10)14-5-8-2-3-9(14)4-8/h8-9,15H,2-7H2,1H3. The molecule has 1 aliphatic carbocycles. The molecule has 1 aliphatic heterocycles. The Balaban J connectivity index is 1.83. The number of aliphatic hydroxyl groups excluding tert-OH is 1. The summed E-state index contributed by atoms with van der Waals surface area (Å²) in [5.74, 6) is 0.868. The summed E-state index contributed by atoms with van der Waals surface area (Å²) in [4.78, 5) is 8.01. The molecule has 2 aliphatic rings. The average molecular weight is 254 g/mol. The predicted molar refractivity (Wildman–Crippen MR) is 67.2 cm³/mol. The highest BCUT2D eigenvalue weighted by molar-refractivity contribution is 7.15. The van der Waals surface area contributed by atoms with E-state index in [1.165, 1.54) is 19.3 Å². The van der Waals surface area contributed by atoms with Gasteiger partial charge in [-0.15, -0.1) is 0 Å². The summed E-state index contributed by atoms with van der Waals surface area (Å²) in [5, 5.41) is 10.4. The zero-order valence-corrected chi connectivity index (χ0v) is 10.9. The summed E-state index contributed by atoms with van der Waals surface area (Å²) in [6.07, 6.45) is 4.01. The molecular weight excluding hydrogens is 236 g/mol. The number of fused-ring (bicyclic) bond motifs is 2. The number of ether oxygens (including phenoxy) is 1. The summed E-state index contributed by atoms with van der Waals surface area (Å²) in [6, 6.07) is 0.688. The van der Waals surface area contributed by atoms with E-state index < -0.39 is 0 Å². The fourth-order valence-electron chi connectivity index (χ4n) is 3.02. The van der Waals surface area contributed by atoms with E-state index in [-0.39, 0.29) is 6.61 Å². The van der Waals surface area contributed by atoms with E-state index in [0.717, 1.165) is 28.2 Å². The van der Waals surface area contributed by atoms with Crippen LogP contribution in [-0.2, 0) is 18.0 Å². The lowest BCUT2D eigenvalue weighted by Gasteiger charge is -2.26. The first kappa shape index (κ1) is 11.4. The van der Waals surface area contributed by atoms with Gasteiger partial charge >= 0.3 is 0 Å². The number of methoxy groups -OCH3 is 1. The first-order chi connectivity index (χ1) is 8.31. The molecule has 2 atom stereocenters. The molecule has 3 rings (SSSR count). The summed E-state index contributed by atoms with van der Waals surface area (Å²) in [5.41, 5.74) is 0.901. The first-order valence-electron chi connectivity index (χ1n) is 6.16. The molecule has 2 unspecified atom stereocenters. The number of rotatable bonds is 4. The minimum atomic E-state index is 0.0678. The Kier molecular flexibility index (Phi) is 3.06. The van der Waals surface area contributed by atoms with Crippen molar-refractivity contribution in [2.45, 2.75) is 38.5 Å². The molecule has 1 aromatic rings. The highest BCUT2D eigenvalue weighted by Crippen LogP contribution is 2.42. The lowest BCUT2D eigenvalue weighted by molar-refractivity contribution is 0.179. The molecule has 17 heavy (non-hydrogen) atoms. The average Bonchev–Trinajstić information content (AvgIpc) is 3.02. The van der Waals surface area contributed by atoms with E-state index in [1.807, 2.05) is 0 Å². The van der Waals surface area contributed by atoms with Crippen LogP contribution in [0, 0.1) is 5.92 Å². The maximum absolute atomic E-state index is 9.33. The number of nitrogens with zero attached hydrogens (tertiary/aromatic N) is 2. The molecular formula is C12H18N2O2S. The SMILES string of the molecule is COCc1nc(N2CC3CCC2C3)sc1CO. The van der Waals surface area contributed by atoms with E-state index in [1.54, 1.807) is 18.4 Å². The first-order valence-corrected chi connectivity index (χ1v) is 6.98. The van der Waals surface area contributed by atoms with Crippen LogP contribution in [0.2, 0.25) is 0 Å². The monoisotopic (exact) mass is 254 g/mol. The van der Waals surface area contributed by atoms with Gasteiger partial charge in [-0.25, -0.2) is 4.98 Å². The van der Waals surface area contributed by atoms with Crippen LogP contribution in [0.5, 0.6) is 0 Å². The highest BCUT2D eigenvalue weighted by Gasteiger charge is 2.39. The van der Waals surface area contributed by atoms with Crippen molar-refractivity contribution < 1.29 is 9.84 Å². The lowest BCUT2D eigenvalue weighted by Crippen LogP contribution is -2.31. The van der Waals surface area contributed by atoms with Crippen molar-refractivity contribution in [2.24, 2.45) is 5.92 Å². The van der Waals surface area contributed by atoms with E-state index >= 15 is 0 Å². The Bertz CT molecular complexity index is 407. The quantitative estimate of drug-likeness (QED) is 0.889. The smallest absolute Gasteiger partial charge is 0.186 e. The zero-order chi connectivity index (χ0) is 11.8. The molecule has 4 nitrogen and oxygen atoms in total. The summed E-state index contributed by atoms with van der Waals surface area (Å²) in [7, 11) is 1.66. The fraction of sp³-hybridized carbons (Fsp3) is 0.750. The number of piperidine rings is 1. The number of hydrogen-bond acceptors (Lipinski definition) is 5. The predicted octanol–water partition coefficient (Wildman–Crippen LogP) is 1.77. The molecule has 1 aromatic heterocycles. The minimum Gasteiger partial charge on any atom is -0.391 e. The van der Waals surface area contributed by atoms with Crippen LogP contribution in [-0.4, -0.2) is 29.8 Å². The highest BCUT2D eigenvalue weighted by atomic mass is 32.1. The number of hydrogen-bond donors (Lipinski definition) is 1. The van der Waals surface area contributed by atoms with Crippen molar-refractivity contribution >= 4 is 16.5 Å². The van der Waals surface area contributed by atoms with Crippen molar-refractivity contribution in [3.8, 4) is 0 Å². The Hall–Kier alpha value is -0.650. The number of aromatic nitrogens is 1. The van der Waals surface area contributed by atoms with Crippen molar-refractivity contribution in [3.05, 3.63) is 10.6 Å². The fourth-order valence-corrected chi connectivity index (χ4v) is 4.03. The Morgan fingerprint density at radius 2 is 2.41 bits per heavy atom. The Labute approximate surface area is 105 Å². The van der Waals surface area contributed by atoms with E-state index in [9.17, 15) is 5.11 Å². The molecule has 1 N–H and O–H groups in total. The molecule has 2 heterocycles. The van der Waals surface area contributed by atoms with Crippen LogP contribution >= 0.6 is 11.3 Å². The summed E-state index contributed by atoms with van der Waals surface area (Å²) in [6.45, 7) is 1.71. The third-order valence-corrected chi connectivity index (χ3v) is 4.97. The second-order valence-electron chi connectivity index (χ2n) is 4.94. The Morgan fingerprint density at radius 3 is 3.00 bits per heavy atom.